The van der Waals surface area contributed by atoms with Crippen LogP contribution >= 0.6 is 11.9 Å². The van der Waals surface area contributed by atoms with Crippen molar-refractivity contribution in [2.24, 2.45) is 7.05 Å². The van der Waals surface area contributed by atoms with Crippen LogP contribution in [0.15, 0.2) is 18.3 Å². The summed E-state index contributed by atoms with van der Waals surface area (Å²) in [6, 6.07) is 3.55. The maximum atomic E-state index is 13.1. The zero-order chi connectivity index (χ0) is 19.4. The third-order valence-corrected chi connectivity index (χ3v) is 5.03. The quantitative estimate of drug-likeness (QED) is 0.684. The number of carbonyl (C=O) groups is 3. The summed E-state index contributed by atoms with van der Waals surface area (Å²) >= 11 is 1.42. The molecular formula is C18H23N3O4S. The summed E-state index contributed by atoms with van der Waals surface area (Å²) in [5.41, 5.74) is 3.16. The van der Waals surface area contributed by atoms with Gasteiger partial charge in [-0.2, -0.15) is 0 Å². The van der Waals surface area contributed by atoms with E-state index in [1.165, 1.54) is 18.9 Å². The first kappa shape index (κ1) is 19.8. The molecule has 0 fully saturated rings. The molecule has 2 N–H and O–H groups in total. The summed E-state index contributed by atoms with van der Waals surface area (Å²) in [4.78, 5) is 35.5. The molecule has 2 rings (SSSR count). The smallest absolute Gasteiger partial charge is 0.309 e. The van der Waals surface area contributed by atoms with Crippen molar-refractivity contribution in [2.45, 2.75) is 26.7 Å². The van der Waals surface area contributed by atoms with Gasteiger partial charge in [-0.05, 0) is 48.6 Å². The van der Waals surface area contributed by atoms with Crippen LogP contribution in [-0.2, 0) is 29.5 Å². The number of ketones is 1. The van der Waals surface area contributed by atoms with Gasteiger partial charge in [0, 0.05) is 38.7 Å². The second-order valence-corrected chi connectivity index (χ2v) is 6.75. The molecule has 2 aromatic rings. The number of aliphatic carboxylic acids is 1. The van der Waals surface area contributed by atoms with Gasteiger partial charge in [-0.3, -0.25) is 18.4 Å². The van der Waals surface area contributed by atoms with Gasteiger partial charge < -0.3 is 15.0 Å². The highest BCUT2D eigenvalue weighted by atomic mass is 32.2. The number of rotatable bonds is 8. The molecule has 0 saturated heterocycles. The molecule has 2 aromatic heterocycles. The normalized spacial score (nSPS) is 10.8. The van der Waals surface area contributed by atoms with Gasteiger partial charge >= 0.3 is 5.97 Å². The molecule has 8 heteroatoms. The molecule has 140 valence electrons. The van der Waals surface area contributed by atoms with Crippen molar-refractivity contribution in [3.05, 3.63) is 46.5 Å². The molecule has 26 heavy (non-hydrogen) atoms. The van der Waals surface area contributed by atoms with Crippen LogP contribution in [-0.4, -0.2) is 44.1 Å². The number of nitrogens with one attached hydrogen (secondary N) is 1. The van der Waals surface area contributed by atoms with Crippen LogP contribution in [0.5, 0.6) is 0 Å². The first-order valence-electron chi connectivity index (χ1n) is 8.17. The average Bonchev–Trinajstić information content (AvgIpc) is 3.12. The molecule has 0 aromatic carbocycles. The minimum Gasteiger partial charge on any atom is -0.481 e. The third kappa shape index (κ3) is 4.01. The maximum absolute atomic E-state index is 13.1. The molecule has 2 heterocycles. The highest BCUT2D eigenvalue weighted by molar-refractivity contribution is 7.97. The van der Waals surface area contributed by atoms with Gasteiger partial charge in [-0.25, -0.2) is 0 Å². The zero-order valence-electron chi connectivity index (χ0n) is 15.3. The van der Waals surface area contributed by atoms with E-state index in [9.17, 15) is 19.5 Å². The summed E-state index contributed by atoms with van der Waals surface area (Å²) in [6.07, 6.45) is 3.98. The lowest BCUT2D eigenvalue weighted by Crippen LogP contribution is -2.23. The second-order valence-electron chi connectivity index (χ2n) is 5.99. The minimum atomic E-state index is -0.960. The standard InChI is InChI=1S/C18H23N3O4S/c1-11-13(7-8-19-12(2)22)15(10-16(23)24)20(3)17(11)18(25)14-6-5-9-21(14)26-4/h5-6,9H,7-8,10H2,1-4H3,(H,19,22)(H,23,24). The number of carbonyl (C=O) groups excluding carboxylic acids is 2. The Bertz CT molecular complexity index is 851. The number of aromatic nitrogens is 2. The molecule has 1 amide bonds. The van der Waals surface area contributed by atoms with Crippen LogP contribution in [0.1, 0.15) is 39.9 Å². The second kappa shape index (κ2) is 8.27. The first-order valence-corrected chi connectivity index (χ1v) is 9.35. The Morgan fingerprint density at radius 2 is 2.00 bits per heavy atom. The summed E-state index contributed by atoms with van der Waals surface area (Å²) in [6.45, 7) is 3.65. The van der Waals surface area contributed by atoms with Crippen molar-refractivity contribution >= 4 is 29.6 Å². The molecular weight excluding hydrogens is 354 g/mol. The Kier molecular flexibility index (Phi) is 6.31. The van der Waals surface area contributed by atoms with Gasteiger partial charge in [0.2, 0.25) is 11.7 Å². The minimum absolute atomic E-state index is 0.146. The van der Waals surface area contributed by atoms with Crippen molar-refractivity contribution in [3.8, 4) is 0 Å². The van der Waals surface area contributed by atoms with Gasteiger partial charge in [0.05, 0.1) is 12.1 Å². The number of carboxylic acid groups (broad SMARTS) is 1. The molecule has 0 radical (unpaired) electrons. The van der Waals surface area contributed by atoms with Crippen LogP contribution in [0.3, 0.4) is 0 Å². The Balaban J connectivity index is 2.49. The fourth-order valence-corrected chi connectivity index (χ4v) is 3.69. The molecule has 0 bridgehead atoms. The van der Waals surface area contributed by atoms with E-state index in [0.29, 0.717) is 30.0 Å². The largest absolute Gasteiger partial charge is 0.481 e. The third-order valence-electron chi connectivity index (χ3n) is 4.32. The van der Waals surface area contributed by atoms with E-state index < -0.39 is 5.97 Å². The van der Waals surface area contributed by atoms with E-state index in [-0.39, 0.29) is 18.1 Å². The summed E-state index contributed by atoms with van der Waals surface area (Å²) < 4.78 is 3.45. The Morgan fingerprint density at radius 3 is 2.58 bits per heavy atom. The van der Waals surface area contributed by atoms with E-state index in [1.54, 1.807) is 27.7 Å². The number of hydrogen-bond acceptors (Lipinski definition) is 4. The van der Waals surface area contributed by atoms with Gasteiger partial charge in [-0.15, -0.1) is 0 Å². The Morgan fingerprint density at radius 1 is 1.31 bits per heavy atom. The first-order chi connectivity index (χ1) is 12.3. The van der Waals surface area contributed by atoms with Gasteiger partial charge in [0.1, 0.15) is 5.69 Å². The van der Waals surface area contributed by atoms with E-state index in [2.05, 4.69) is 5.32 Å². The predicted octanol–water partition coefficient (Wildman–Crippen LogP) is 1.80. The number of amides is 1. The van der Waals surface area contributed by atoms with E-state index >= 15 is 0 Å². The van der Waals surface area contributed by atoms with Crippen LogP contribution < -0.4 is 5.32 Å². The van der Waals surface area contributed by atoms with Crippen molar-refractivity contribution in [2.75, 3.05) is 12.8 Å². The van der Waals surface area contributed by atoms with Gasteiger partial charge in [-0.1, -0.05) is 0 Å². The highest BCUT2D eigenvalue weighted by Crippen LogP contribution is 2.26. The number of carboxylic acids is 1. The van der Waals surface area contributed by atoms with Crippen molar-refractivity contribution in [3.63, 3.8) is 0 Å². The molecule has 0 saturated carbocycles. The maximum Gasteiger partial charge on any atom is 0.309 e. The van der Waals surface area contributed by atoms with Gasteiger partial charge in [0.25, 0.3) is 0 Å². The lowest BCUT2D eigenvalue weighted by atomic mass is 10.0. The van der Waals surface area contributed by atoms with Crippen molar-refractivity contribution in [1.82, 2.24) is 13.9 Å². The monoisotopic (exact) mass is 377 g/mol. The number of nitrogens with zero attached hydrogens (tertiary/aromatic N) is 2. The SMILES string of the molecule is CSn1cccc1C(=O)c1c(C)c(CCNC(C)=O)c(CC(=O)O)n1C. The predicted molar refractivity (Wildman–Crippen MR) is 101 cm³/mol. The van der Waals surface area contributed by atoms with Crippen molar-refractivity contribution < 1.29 is 19.5 Å². The van der Waals surface area contributed by atoms with Crippen LogP contribution in [0, 0.1) is 6.92 Å². The van der Waals surface area contributed by atoms with Crippen molar-refractivity contribution in [1.29, 1.82) is 0 Å². The topological polar surface area (TPSA) is 93.3 Å². The van der Waals surface area contributed by atoms with E-state index in [1.807, 2.05) is 19.4 Å². The molecule has 0 spiro atoms. The summed E-state index contributed by atoms with van der Waals surface area (Å²) in [5.74, 6) is -1.26. The van der Waals surface area contributed by atoms with E-state index in [4.69, 9.17) is 0 Å². The molecule has 0 aliphatic carbocycles. The van der Waals surface area contributed by atoms with Crippen LogP contribution in [0.25, 0.3) is 0 Å². The van der Waals surface area contributed by atoms with Crippen LogP contribution in [0.2, 0.25) is 0 Å². The highest BCUT2D eigenvalue weighted by Gasteiger charge is 2.26. The van der Waals surface area contributed by atoms with Gasteiger partial charge in [0.15, 0.2) is 0 Å². The lowest BCUT2D eigenvalue weighted by molar-refractivity contribution is -0.136. The Hall–Kier alpha value is -2.48. The molecule has 0 aliphatic heterocycles. The molecule has 0 unspecified atom stereocenters. The molecule has 0 aliphatic rings. The fourth-order valence-electron chi connectivity index (χ4n) is 3.16. The lowest BCUT2D eigenvalue weighted by Gasteiger charge is -2.08. The Labute approximate surface area is 156 Å². The summed E-state index contributed by atoms with van der Waals surface area (Å²) in [7, 11) is 1.72. The fraction of sp³-hybridized carbons (Fsp3) is 0.389. The summed E-state index contributed by atoms with van der Waals surface area (Å²) in [5, 5.41) is 12.0. The van der Waals surface area contributed by atoms with Crippen LogP contribution in [0.4, 0.5) is 0 Å². The molecule has 7 nitrogen and oxygen atoms in total. The average molecular weight is 377 g/mol. The molecule has 0 atom stereocenters. The van der Waals surface area contributed by atoms with E-state index in [0.717, 1.165) is 11.1 Å². The zero-order valence-corrected chi connectivity index (χ0v) is 16.1. The number of hydrogen-bond donors (Lipinski definition) is 2.